The van der Waals surface area contributed by atoms with E-state index in [1.165, 1.54) is 14.0 Å². The number of aliphatic hydroxyl groups is 6. The third kappa shape index (κ3) is 5.57. The molecule has 1 saturated heterocycles. The molecule has 10 atom stereocenters. The van der Waals surface area contributed by atoms with Crippen LogP contribution >= 0.6 is 0 Å². The monoisotopic (exact) mass is 382 g/mol. The molecular formula is C17H34O9. The molecule has 6 N–H and O–H groups in total. The van der Waals surface area contributed by atoms with E-state index in [-0.39, 0.29) is 0 Å². The van der Waals surface area contributed by atoms with Gasteiger partial charge in [0.05, 0.1) is 18.3 Å². The maximum absolute atomic E-state index is 10.4. The van der Waals surface area contributed by atoms with Gasteiger partial charge < -0.3 is 44.8 Å². The van der Waals surface area contributed by atoms with Crippen LogP contribution in [-0.2, 0) is 14.2 Å². The minimum Gasteiger partial charge on any atom is -0.390 e. The molecule has 0 aliphatic carbocycles. The number of aliphatic hydroxyl groups excluding tert-OH is 6. The van der Waals surface area contributed by atoms with Crippen LogP contribution in [0.1, 0.15) is 40.0 Å². The van der Waals surface area contributed by atoms with Gasteiger partial charge in [-0.25, -0.2) is 0 Å². The Labute approximate surface area is 154 Å². The lowest BCUT2D eigenvalue weighted by molar-refractivity contribution is -0.315. The van der Waals surface area contributed by atoms with Crippen LogP contribution in [0.5, 0.6) is 0 Å². The topological polar surface area (TPSA) is 149 Å². The maximum Gasteiger partial charge on any atom is 0.186 e. The molecule has 9 nitrogen and oxygen atoms in total. The van der Waals surface area contributed by atoms with Crippen molar-refractivity contribution >= 4 is 0 Å². The van der Waals surface area contributed by atoms with Gasteiger partial charge in [0.2, 0.25) is 0 Å². The van der Waals surface area contributed by atoms with Crippen LogP contribution in [0.25, 0.3) is 0 Å². The predicted molar refractivity (Wildman–Crippen MR) is 91.2 cm³/mol. The first-order chi connectivity index (χ1) is 12.2. The van der Waals surface area contributed by atoms with Crippen LogP contribution in [0.3, 0.4) is 0 Å². The van der Waals surface area contributed by atoms with Crippen molar-refractivity contribution in [1.82, 2.24) is 0 Å². The van der Waals surface area contributed by atoms with Gasteiger partial charge in [0, 0.05) is 7.11 Å². The molecule has 9 heteroatoms. The normalized spacial score (nSPS) is 35.5. The lowest BCUT2D eigenvalue weighted by Gasteiger charge is -2.42. The van der Waals surface area contributed by atoms with E-state index in [0.717, 1.165) is 0 Å². The molecular weight excluding hydrogens is 348 g/mol. The molecule has 1 aliphatic heterocycles. The van der Waals surface area contributed by atoms with Crippen molar-refractivity contribution in [2.24, 2.45) is 0 Å². The molecule has 0 bridgehead atoms. The Kier molecular flexibility index (Phi) is 9.87. The van der Waals surface area contributed by atoms with Crippen LogP contribution < -0.4 is 0 Å². The van der Waals surface area contributed by atoms with Gasteiger partial charge in [-0.2, -0.15) is 0 Å². The third-order valence-corrected chi connectivity index (χ3v) is 4.82. The molecule has 0 aromatic rings. The molecule has 0 radical (unpaired) electrons. The first-order valence-corrected chi connectivity index (χ1v) is 9.11. The fraction of sp³-hybridized carbons (Fsp3) is 1.00. The molecule has 26 heavy (non-hydrogen) atoms. The van der Waals surface area contributed by atoms with Crippen molar-refractivity contribution in [3.63, 3.8) is 0 Å². The Morgan fingerprint density at radius 3 is 2.08 bits per heavy atom. The van der Waals surface area contributed by atoms with Crippen LogP contribution in [0.15, 0.2) is 0 Å². The summed E-state index contributed by atoms with van der Waals surface area (Å²) in [5.74, 6) is 0. The Hall–Kier alpha value is -0.360. The Bertz CT molecular complexity index is 396. The van der Waals surface area contributed by atoms with Crippen molar-refractivity contribution in [3.8, 4) is 0 Å². The summed E-state index contributed by atoms with van der Waals surface area (Å²) in [5.41, 5.74) is 0. The molecule has 0 spiro atoms. The quantitative estimate of drug-likeness (QED) is 0.266. The van der Waals surface area contributed by atoms with Crippen molar-refractivity contribution in [2.75, 3.05) is 7.11 Å². The zero-order valence-electron chi connectivity index (χ0n) is 15.8. The SMILES string of the molecule is CCC[C@@H](O)C(O)C(O)[C@H](OC)C(CC)OC1OC(C)C(O)C(O)C1O. The number of rotatable bonds is 10. The second kappa shape index (κ2) is 10.8. The van der Waals surface area contributed by atoms with Gasteiger partial charge in [0.25, 0.3) is 0 Å². The lowest BCUT2D eigenvalue weighted by Crippen LogP contribution is -2.59. The highest BCUT2D eigenvalue weighted by molar-refractivity contribution is 4.90. The highest BCUT2D eigenvalue weighted by Crippen LogP contribution is 2.26. The van der Waals surface area contributed by atoms with E-state index in [1.807, 2.05) is 6.92 Å². The molecule has 1 rings (SSSR count). The summed E-state index contributed by atoms with van der Waals surface area (Å²) >= 11 is 0. The first kappa shape index (κ1) is 23.7. The Morgan fingerprint density at radius 1 is 0.962 bits per heavy atom. The van der Waals surface area contributed by atoms with Gasteiger partial charge in [0.15, 0.2) is 6.29 Å². The molecule has 156 valence electrons. The van der Waals surface area contributed by atoms with Gasteiger partial charge in [-0.1, -0.05) is 20.3 Å². The summed E-state index contributed by atoms with van der Waals surface area (Å²) in [4.78, 5) is 0. The van der Waals surface area contributed by atoms with Gasteiger partial charge in [-0.15, -0.1) is 0 Å². The molecule has 0 aromatic carbocycles. The summed E-state index contributed by atoms with van der Waals surface area (Å²) in [7, 11) is 1.33. The summed E-state index contributed by atoms with van der Waals surface area (Å²) < 4.78 is 16.4. The summed E-state index contributed by atoms with van der Waals surface area (Å²) in [6.07, 6.45) is -10.7. The number of ether oxygens (including phenoxy) is 3. The zero-order valence-corrected chi connectivity index (χ0v) is 15.8. The van der Waals surface area contributed by atoms with E-state index in [9.17, 15) is 30.6 Å². The van der Waals surface area contributed by atoms with Crippen LogP contribution in [0, 0.1) is 0 Å². The average molecular weight is 382 g/mol. The van der Waals surface area contributed by atoms with Gasteiger partial charge in [-0.05, 0) is 19.8 Å². The number of methoxy groups -OCH3 is 1. The van der Waals surface area contributed by atoms with Crippen LogP contribution in [0.4, 0.5) is 0 Å². The van der Waals surface area contributed by atoms with E-state index < -0.39 is 61.2 Å². The first-order valence-electron chi connectivity index (χ1n) is 9.11. The van der Waals surface area contributed by atoms with E-state index in [1.54, 1.807) is 6.92 Å². The van der Waals surface area contributed by atoms with E-state index in [0.29, 0.717) is 19.3 Å². The molecule has 0 amide bonds. The zero-order chi connectivity index (χ0) is 20.0. The summed E-state index contributed by atoms with van der Waals surface area (Å²) in [5, 5.41) is 60.2. The Morgan fingerprint density at radius 2 is 1.58 bits per heavy atom. The minimum absolute atomic E-state index is 0.318. The highest BCUT2D eigenvalue weighted by Gasteiger charge is 2.45. The summed E-state index contributed by atoms with van der Waals surface area (Å²) in [6.45, 7) is 5.13. The van der Waals surface area contributed by atoms with Gasteiger partial charge >= 0.3 is 0 Å². The molecule has 8 unspecified atom stereocenters. The Balaban J connectivity index is 2.83. The van der Waals surface area contributed by atoms with Crippen molar-refractivity contribution < 1.29 is 44.8 Å². The van der Waals surface area contributed by atoms with Gasteiger partial charge in [-0.3, -0.25) is 0 Å². The van der Waals surface area contributed by atoms with Crippen LogP contribution in [-0.4, -0.2) is 99.0 Å². The smallest absolute Gasteiger partial charge is 0.186 e. The van der Waals surface area contributed by atoms with Crippen molar-refractivity contribution in [2.45, 2.75) is 101 Å². The largest absolute Gasteiger partial charge is 0.390 e. The van der Waals surface area contributed by atoms with Crippen molar-refractivity contribution in [1.29, 1.82) is 0 Å². The highest BCUT2D eigenvalue weighted by atomic mass is 16.7. The fourth-order valence-corrected chi connectivity index (χ4v) is 3.10. The minimum atomic E-state index is -1.49. The lowest BCUT2D eigenvalue weighted by atomic mass is 9.95. The van der Waals surface area contributed by atoms with E-state index in [4.69, 9.17) is 14.2 Å². The fourth-order valence-electron chi connectivity index (χ4n) is 3.10. The number of hydrogen-bond acceptors (Lipinski definition) is 9. The van der Waals surface area contributed by atoms with Crippen molar-refractivity contribution in [3.05, 3.63) is 0 Å². The second-order valence-electron chi connectivity index (χ2n) is 6.80. The molecule has 1 fully saturated rings. The van der Waals surface area contributed by atoms with Gasteiger partial charge in [0.1, 0.15) is 36.6 Å². The van der Waals surface area contributed by atoms with E-state index >= 15 is 0 Å². The molecule has 1 aliphatic rings. The molecule has 1 heterocycles. The third-order valence-electron chi connectivity index (χ3n) is 4.82. The van der Waals surface area contributed by atoms with E-state index in [2.05, 4.69) is 0 Å². The average Bonchev–Trinajstić information content (AvgIpc) is 2.62. The molecule has 0 aromatic heterocycles. The summed E-state index contributed by atoms with van der Waals surface area (Å²) in [6, 6.07) is 0. The molecule has 0 saturated carbocycles. The standard InChI is InChI=1S/C17H34O9/c1-5-7-9(18)12(20)14(22)16(24-4)10(6-2)26-17-15(23)13(21)11(19)8(3)25-17/h8-23H,5-7H2,1-4H3/t8?,9-,10?,11?,12?,13?,14?,15?,16-,17?/m1/s1. The number of hydrogen-bond donors (Lipinski definition) is 6. The predicted octanol–water partition coefficient (Wildman–Crippen LogP) is -1.49. The second-order valence-corrected chi connectivity index (χ2v) is 6.80. The maximum atomic E-state index is 10.4. The van der Waals surface area contributed by atoms with Crippen LogP contribution in [0.2, 0.25) is 0 Å².